The second-order valence-corrected chi connectivity index (χ2v) is 6.07. The molecule has 8 nitrogen and oxygen atoms in total. The highest BCUT2D eigenvalue weighted by atomic mass is 16.5. The molecule has 1 amide bonds. The predicted molar refractivity (Wildman–Crippen MR) is 89.6 cm³/mol. The monoisotopic (exact) mass is 343 g/mol. The maximum Gasteiger partial charge on any atom is 0.238 e. The first-order valence-corrected chi connectivity index (χ1v) is 8.18. The minimum atomic E-state index is -0.0632. The maximum atomic E-state index is 12.1. The van der Waals surface area contributed by atoms with Gasteiger partial charge in [-0.05, 0) is 39.0 Å². The Morgan fingerprint density at radius 1 is 1.40 bits per heavy atom. The first-order chi connectivity index (χ1) is 12.0. The SMILES string of the molecule is Cc1cc(C)n(C[C@@H](C)NC(=O)CCc2nc(-c3ccco3)no2)n1. The van der Waals surface area contributed by atoms with Crippen LogP contribution in [-0.4, -0.2) is 31.9 Å². The van der Waals surface area contributed by atoms with Crippen molar-refractivity contribution in [1.29, 1.82) is 0 Å². The van der Waals surface area contributed by atoms with Crippen molar-refractivity contribution in [3.63, 3.8) is 0 Å². The normalized spacial score (nSPS) is 12.3. The number of aryl methyl sites for hydroxylation is 3. The lowest BCUT2D eigenvalue weighted by molar-refractivity contribution is -0.121. The number of aromatic nitrogens is 4. The van der Waals surface area contributed by atoms with Gasteiger partial charge in [-0.15, -0.1) is 0 Å². The van der Waals surface area contributed by atoms with Gasteiger partial charge in [-0.2, -0.15) is 10.1 Å². The van der Waals surface area contributed by atoms with Crippen molar-refractivity contribution >= 4 is 5.91 Å². The van der Waals surface area contributed by atoms with Gasteiger partial charge in [0.15, 0.2) is 5.76 Å². The number of carbonyl (C=O) groups excluding carboxylic acids is 1. The third-order valence-electron chi connectivity index (χ3n) is 3.73. The number of nitrogens with zero attached hydrogens (tertiary/aromatic N) is 4. The molecule has 25 heavy (non-hydrogen) atoms. The number of rotatable bonds is 7. The van der Waals surface area contributed by atoms with Crippen LogP contribution < -0.4 is 5.32 Å². The Bertz CT molecular complexity index is 834. The van der Waals surface area contributed by atoms with Crippen LogP contribution in [0.25, 0.3) is 11.6 Å². The number of amides is 1. The third-order valence-corrected chi connectivity index (χ3v) is 3.73. The fourth-order valence-electron chi connectivity index (χ4n) is 2.59. The Morgan fingerprint density at radius 2 is 2.24 bits per heavy atom. The van der Waals surface area contributed by atoms with Gasteiger partial charge in [-0.25, -0.2) is 0 Å². The average Bonchev–Trinajstić information content (AvgIpc) is 3.27. The van der Waals surface area contributed by atoms with Gasteiger partial charge in [-0.3, -0.25) is 9.48 Å². The molecule has 1 atom stereocenters. The predicted octanol–water partition coefficient (Wildman–Crippen LogP) is 2.28. The summed E-state index contributed by atoms with van der Waals surface area (Å²) in [5.41, 5.74) is 2.05. The summed E-state index contributed by atoms with van der Waals surface area (Å²) in [4.78, 5) is 16.3. The van der Waals surface area contributed by atoms with Crippen molar-refractivity contribution in [3.05, 3.63) is 41.7 Å². The van der Waals surface area contributed by atoms with Crippen LogP contribution in [0.15, 0.2) is 33.4 Å². The molecule has 0 spiro atoms. The Kier molecular flexibility index (Phi) is 4.97. The molecular weight excluding hydrogens is 322 g/mol. The van der Waals surface area contributed by atoms with Crippen molar-refractivity contribution in [2.75, 3.05) is 0 Å². The standard InChI is InChI=1S/C17H21N5O3/c1-11-9-13(3)22(20-11)10-12(2)18-15(23)6-7-16-19-17(21-25-16)14-5-4-8-24-14/h4-5,8-9,12H,6-7,10H2,1-3H3,(H,18,23)/t12-/m1/s1. The van der Waals surface area contributed by atoms with E-state index in [1.54, 1.807) is 18.4 Å². The zero-order chi connectivity index (χ0) is 17.8. The van der Waals surface area contributed by atoms with E-state index in [1.807, 2.05) is 31.5 Å². The van der Waals surface area contributed by atoms with Crippen LogP contribution in [0, 0.1) is 13.8 Å². The maximum absolute atomic E-state index is 12.1. The molecule has 0 bridgehead atoms. The van der Waals surface area contributed by atoms with Gasteiger partial charge in [0.1, 0.15) is 0 Å². The molecular formula is C17H21N5O3. The molecule has 0 aliphatic carbocycles. The third kappa shape index (κ3) is 4.34. The molecule has 8 heteroatoms. The Labute approximate surface area is 145 Å². The molecule has 3 heterocycles. The van der Waals surface area contributed by atoms with Crippen LogP contribution in [-0.2, 0) is 17.8 Å². The molecule has 0 aliphatic heterocycles. The van der Waals surface area contributed by atoms with Gasteiger partial charge >= 0.3 is 0 Å². The van der Waals surface area contributed by atoms with E-state index in [9.17, 15) is 4.79 Å². The van der Waals surface area contributed by atoms with Crippen molar-refractivity contribution in [3.8, 4) is 11.6 Å². The molecule has 3 rings (SSSR count). The summed E-state index contributed by atoms with van der Waals surface area (Å²) in [5.74, 6) is 1.27. The van der Waals surface area contributed by atoms with E-state index in [0.29, 0.717) is 30.4 Å². The summed E-state index contributed by atoms with van der Waals surface area (Å²) in [5, 5.41) is 11.2. The summed E-state index contributed by atoms with van der Waals surface area (Å²) < 4.78 is 12.2. The molecule has 0 fully saturated rings. The fraction of sp³-hybridized carbons (Fsp3) is 0.412. The topological polar surface area (TPSA) is 99.0 Å². The Balaban J connectivity index is 1.47. The lowest BCUT2D eigenvalue weighted by Crippen LogP contribution is -2.36. The molecule has 3 aromatic heterocycles. The van der Waals surface area contributed by atoms with Crippen molar-refractivity contribution < 1.29 is 13.7 Å². The summed E-state index contributed by atoms with van der Waals surface area (Å²) in [6.07, 6.45) is 2.20. The van der Waals surface area contributed by atoms with E-state index in [-0.39, 0.29) is 18.4 Å². The molecule has 132 valence electrons. The Morgan fingerprint density at radius 3 is 2.92 bits per heavy atom. The zero-order valence-corrected chi connectivity index (χ0v) is 14.5. The summed E-state index contributed by atoms with van der Waals surface area (Å²) in [6.45, 7) is 6.54. The number of nitrogens with one attached hydrogen (secondary N) is 1. The van der Waals surface area contributed by atoms with E-state index in [4.69, 9.17) is 8.94 Å². The van der Waals surface area contributed by atoms with Gasteiger partial charge in [0, 0.05) is 24.6 Å². The van der Waals surface area contributed by atoms with Crippen LogP contribution in [0.4, 0.5) is 0 Å². The van der Waals surface area contributed by atoms with Crippen molar-refractivity contribution in [1.82, 2.24) is 25.2 Å². The number of hydrogen-bond acceptors (Lipinski definition) is 6. The molecule has 0 saturated carbocycles. The van der Waals surface area contributed by atoms with Crippen molar-refractivity contribution in [2.24, 2.45) is 0 Å². The van der Waals surface area contributed by atoms with Gasteiger partial charge in [0.2, 0.25) is 17.6 Å². The first-order valence-electron chi connectivity index (χ1n) is 8.18. The molecule has 0 unspecified atom stereocenters. The minimum Gasteiger partial charge on any atom is -0.461 e. The second-order valence-electron chi connectivity index (χ2n) is 6.07. The van der Waals surface area contributed by atoms with Crippen LogP contribution in [0.3, 0.4) is 0 Å². The smallest absolute Gasteiger partial charge is 0.238 e. The quantitative estimate of drug-likeness (QED) is 0.706. The average molecular weight is 343 g/mol. The van der Waals surface area contributed by atoms with Crippen LogP contribution in [0.1, 0.15) is 30.6 Å². The number of carbonyl (C=O) groups is 1. The summed E-state index contributed by atoms with van der Waals surface area (Å²) in [6, 6.07) is 5.50. The van der Waals surface area contributed by atoms with E-state index in [2.05, 4.69) is 20.6 Å². The molecule has 0 aliphatic rings. The Hall–Kier alpha value is -2.90. The van der Waals surface area contributed by atoms with E-state index < -0.39 is 0 Å². The van der Waals surface area contributed by atoms with Gasteiger partial charge in [-0.1, -0.05) is 5.16 Å². The summed E-state index contributed by atoms with van der Waals surface area (Å²) in [7, 11) is 0. The minimum absolute atomic E-state index is 0.0214. The highest BCUT2D eigenvalue weighted by Gasteiger charge is 2.14. The second kappa shape index (κ2) is 7.33. The zero-order valence-electron chi connectivity index (χ0n) is 14.5. The van der Waals surface area contributed by atoms with Crippen LogP contribution >= 0.6 is 0 Å². The van der Waals surface area contributed by atoms with Crippen LogP contribution in [0.5, 0.6) is 0 Å². The van der Waals surface area contributed by atoms with E-state index >= 15 is 0 Å². The highest BCUT2D eigenvalue weighted by molar-refractivity contribution is 5.76. The van der Waals surface area contributed by atoms with E-state index in [0.717, 1.165) is 11.4 Å². The lowest BCUT2D eigenvalue weighted by atomic mass is 10.2. The number of furan rings is 1. The van der Waals surface area contributed by atoms with Crippen molar-refractivity contribution in [2.45, 2.75) is 46.2 Å². The van der Waals surface area contributed by atoms with Gasteiger partial charge in [0.05, 0.1) is 18.5 Å². The van der Waals surface area contributed by atoms with Crippen LogP contribution in [0.2, 0.25) is 0 Å². The summed E-state index contributed by atoms with van der Waals surface area (Å²) >= 11 is 0. The first kappa shape index (κ1) is 16.9. The molecule has 1 N–H and O–H groups in total. The van der Waals surface area contributed by atoms with E-state index in [1.165, 1.54) is 0 Å². The molecule has 0 radical (unpaired) electrons. The highest BCUT2D eigenvalue weighted by Crippen LogP contribution is 2.16. The van der Waals surface area contributed by atoms with Gasteiger partial charge in [0.25, 0.3) is 0 Å². The van der Waals surface area contributed by atoms with Gasteiger partial charge < -0.3 is 14.3 Å². The molecule has 0 saturated heterocycles. The molecule has 0 aromatic carbocycles. The fourth-order valence-corrected chi connectivity index (χ4v) is 2.59. The largest absolute Gasteiger partial charge is 0.461 e. The lowest BCUT2D eigenvalue weighted by Gasteiger charge is -2.14. The number of hydrogen-bond donors (Lipinski definition) is 1. The molecule has 3 aromatic rings.